The zero-order valence-corrected chi connectivity index (χ0v) is 22.2. The van der Waals surface area contributed by atoms with E-state index in [9.17, 15) is 9.59 Å². The molecule has 0 aliphatic carbocycles. The number of aromatic nitrogens is 3. The smallest absolute Gasteiger partial charge is 0.251 e. The third-order valence-corrected chi connectivity index (χ3v) is 6.49. The van der Waals surface area contributed by atoms with E-state index in [1.54, 1.807) is 37.3 Å². The number of fused-ring (bicyclic) bond motifs is 1. The maximum atomic E-state index is 14.1. The number of hydrogen-bond donors (Lipinski definition) is 1. The van der Waals surface area contributed by atoms with Gasteiger partial charge in [-0.15, -0.1) is 5.10 Å². The minimum atomic E-state index is -1.14. The second-order valence-electron chi connectivity index (χ2n) is 9.39. The van der Waals surface area contributed by atoms with E-state index in [4.69, 9.17) is 20.8 Å². The van der Waals surface area contributed by atoms with Gasteiger partial charge >= 0.3 is 0 Å². The van der Waals surface area contributed by atoms with Gasteiger partial charge in [-0.05, 0) is 69.7 Å². The monoisotopic (exact) mass is 523 g/mol. The Morgan fingerprint density at radius 2 is 1.95 bits per heavy atom. The maximum Gasteiger partial charge on any atom is 0.251 e. The number of para-hydroxylation sites is 1. The van der Waals surface area contributed by atoms with Crippen molar-refractivity contribution in [1.82, 2.24) is 20.3 Å². The number of ether oxygens (including phenoxy) is 1. The molecule has 0 saturated carbocycles. The van der Waals surface area contributed by atoms with Crippen LogP contribution in [0.25, 0.3) is 11.0 Å². The number of nitrogens with one attached hydrogen (secondary N) is 1. The summed E-state index contributed by atoms with van der Waals surface area (Å²) in [6.07, 6.45) is 0.683. The molecule has 0 saturated heterocycles. The molecule has 194 valence electrons. The molecule has 0 aliphatic rings. The molecule has 0 aliphatic heterocycles. The molecule has 0 fully saturated rings. The summed E-state index contributed by atoms with van der Waals surface area (Å²) in [5.41, 5.74) is 1.15. The highest BCUT2D eigenvalue weighted by Gasteiger charge is 2.38. The van der Waals surface area contributed by atoms with Gasteiger partial charge in [-0.3, -0.25) is 14.5 Å². The van der Waals surface area contributed by atoms with Crippen LogP contribution in [-0.4, -0.2) is 39.5 Å². The SMILES string of the molecule is CCC(C)(C)NC(=O)C(c1ccc(C)o1)N(C(=O)Cn1nnc2ccccc21)c1cc(Cl)ccc1OC. The van der Waals surface area contributed by atoms with Crippen LogP contribution >= 0.6 is 11.6 Å². The van der Waals surface area contributed by atoms with Crippen molar-refractivity contribution < 1.29 is 18.7 Å². The number of nitrogens with zero attached hydrogens (tertiary/aromatic N) is 4. The summed E-state index contributed by atoms with van der Waals surface area (Å²) in [7, 11) is 1.49. The standard InChI is InChI=1S/C27H30ClN5O4/c1-6-27(3,4)29-26(35)25(23-13-11-17(2)37-23)33(21-15-18(28)12-14-22(21)36-5)24(34)16-32-20-10-8-7-9-19(20)30-31-32/h7-15,25H,6,16H2,1-5H3,(H,29,35). The lowest BCUT2D eigenvalue weighted by atomic mass is 10.0. The average Bonchev–Trinajstić information content (AvgIpc) is 3.48. The lowest BCUT2D eigenvalue weighted by molar-refractivity contribution is -0.128. The molecule has 2 amide bonds. The van der Waals surface area contributed by atoms with E-state index in [1.165, 1.54) is 16.7 Å². The first-order valence-corrected chi connectivity index (χ1v) is 12.3. The Morgan fingerprint density at radius 3 is 2.62 bits per heavy atom. The van der Waals surface area contributed by atoms with Gasteiger partial charge in [0.2, 0.25) is 5.91 Å². The fourth-order valence-corrected chi connectivity index (χ4v) is 4.14. The number of amides is 2. The van der Waals surface area contributed by atoms with Gasteiger partial charge in [0, 0.05) is 10.6 Å². The summed E-state index contributed by atoms with van der Waals surface area (Å²) in [6, 6.07) is 14.6. The average molecular weight is 524 g/mol. The van der Waals surface area contributed by atoms with Crippen LogP contribution in [0.5, 0.6) is 5.75 Å². The minimum Gasteiger partial charge on any atom is -0.495 e. The first kappa shape index (κ1) is 26.2. The van der Waals surface area contributed by atoms with Crippen molar-refractivity contribution in [1.29, 1.82) is 0 Å². The quantitative estimate of drug-likeness (QED) is 0.328. The van der Waals surface area contributed by atoms with Crippen LogP contribution < -0.4 is 15.0 Å². The molecule has 37 heavy (non-hydrogen) atoms. The van der Waals surface area contributed by atoms with Gasteiger partial charge in [-0.2, -0.15) is 0 Å². The van der Waals surface area contributed by atoms with Gasteiger partial charge in [0.15, 0.2) is 6.04 Å². The van der Waals surface area contributed by atoms with Crippen molar-refractivity contribution >= 4 is 40.1 Å². The Balaban J connectivity index is 1.87. The molecule has 9 nitrogen and oxygen atoms in total. The van der Waals surface area contributed by atoms with E-state index in [1.807, 2.05) is 45.0 Å². The summed E-state index contributed by atoms with van der Waals surface area (Å²) < 4.78 is 13.0. The molecule has 0 radical (unpaired) electrons. The summed E-state index contributed by atoms with van der Waals surface area (Å²) in [5, 5.41) is 11.8. The van der Waals surface area contributed by atoms with Gasteiger partial charge in [-0.1, -0.05) is 35.9 Å². The fourth-order valence-electron chi connectivity index (χ4n) is 3.97. The van der Waals surface area contributed by atoms with Crippen LogP contribution in [0.4, 0.5) is 5.69 Å². The van der Waals surface area contributed by atoms with Gasteiger partial charge in [0.25, 0.3) is 5.91 Å². The molecule has 0 spiro atoms. The van der Waals surface area contributed by atoms with Crippen molar-refractivity contribution in [2.24, 2.45) is 0 Å². The van der Waals surface area contributed by atoms with Crippen molar-refractivity contribution in [2.75, 3.05) is 12.0 Å². The Kier molecular flexibility index (Phi) is 7.54. The maximum absolute atomic E-state index is 14.1. The van der Waals surface area contributed by atoms with Crippen LogP contribution in [0.3, 0.4) is 0 Å². The Labute approximate surface area is 220 Å². The van der Waals surface area contributed by atoms with Crippen LogP contribution in [0.2, 0.25) is 5.02 Å². The molecule has 4 rings (SSSR count). The van der Waals surface area contributed by atoms with E-state index >= 15 is 0 Å². The van der Waals surface area contributed by atoms with Gasteiger partial charge < -0.3 is 14.5 Å². The second kappa shape index (κ2) is 10.6. The molecule has 2 aromatic carbocycles. The minimum absolute atomic E-state index is 0.184. The number of anilines is 1. The van der Waals surface area contributed by atoms with Crippen LogP contribution in [0.15, 0.2) is 59.0 Å². The molecular weight excluding hydrogens is 494 g/mol. The highest BCUT2D eigenvalue weighted by atomic mass is 35.5. The third-order valence-electron chi connectivity index (χ3n) is 6.26. The van der Waals surface area contributed by atoms with E-state index in [0.717, 1.165) is 0 Å². The topological polar surface area (TPSA) is 102 Å². The Bertz CT molecular complexity index is 1430. The molecule has 2 heterocycles. The molecule has 2 aromatic heterocycles. The Hall–Kier alpha value is -3.85. The normalized spacial score (nSPS) is 12.4. The van der Waals surface area contributed by atoms with E-state index in [0.29, 0.717) is 45.4 Å². The van der Waals surface area contributed by atoms with Gasteiger partial charge in [-0.25, -0.2) is 4.68 Å². The number of benzene rings is 2. The molecule has 10 heteroatoms. The second-order valence-corrected chi connectivity index (χ2v) is 9.83. The van der Waals surface area contributed by atoms with Crippen LogP contribution in [-0.2, 0) is 16.1 Å². The largest absolute Gasteiger partial charge is 0.495 e. The summed E-state index contributed by atoms with van der Waals surface area (Å²) in [5.74, 6) is 0.452. The lowest BCUT2D eigenvalue weighted by Gasteiger charge is -2.34. The molecule has 1 atom stereocenters. The number of carbonyl (C=O) groups is 2. The van der Waals surface area contributed by atoms with Crippen LogP contribution in [0, 0.1) is 6.92 Å². The number of rotatable bonds is 9. The molecule has 1 unspecified atom stereocenters. The number of halogens is 1. The van der Waals surface area contributed by atoms with Crippen molar-refractivity contribution in [2.45, 2.75) is 52.2 Å². The molecular formula is C27H30ClN5O4. The predicted octanol–water partition coefficient (Wildman–Crippen LogP) is 5.07. The van der Waals surface area contributed by atoms with Crippen LogP contribution in [0.1, 0.15) is 44.8 Å². The highest BCUT2D eigenvalue weighted by Crippen LogP contribution is 2.38. The van der Waals surface area contributed by atoms with Gasteiger partial charge in [0.1, 0.15) is 29.3 Å². The summed E-state index contributed by atoms with van der Waals surface area (Å²) in [4.78, 5) is 29.3. The van der Waals surface area contributed by atoms with E-state index in [2.05, 4.69) is 15.6 Å². The Morgan fingerprint density at radius 1 is 1.19 bits per heavy atom. The number of hydrogen-bond acceptors (Lipinski definition) is 6. The highest BCUT2D eigenvalue weighted by molar-refractivity contribution is 6.31. The van der Waals surface area contributed by atoms with Crippen molar-refractivity contribution in [3.63, 3.8) is 0 Å². The summed E-state index contributed by atoms with van der Waals surface area (Å²) in [6.45, 7) is 7.41. The molecule has 0 bridgehead atoms. The first-order valence-electron chi connectivity index (χ1n) is 12.0. The zero-order chi connectivity index (χ0) is 26.7. The number of methoxy groups -OCH3 is 1. The molecule has 1 N–H and O–H groups in total. The third kappa shape index (κ3) is 5.61. The zero-order valence-electron chi connectivity index (χ0n) is 21.5. The van der Waals surface area contributed by atoms with Crippen molar-refractivity contribution in [3.8, 4) is 5.75 Å². The fraction of sp³-hybridized carbons (Fsp3) is 0.333. The predicted molar refractivity (Wildman–Crippen MR) is 142 cm³/mol. The molecule has 4 aromatic rings. The van der Waals surface area contributed by atoms with E-state index < -0.39 is 23.4 Å². The van der Waals surface area contributed by atoms with Gasteiger partial charge in [0.05, 0.1) is 18.3 Å². The summed E-state index contributed by atoms with van der Waals surface area (Å²) >= 11 is 6.36. The van der Waals surface area contributed by atoms with Crippen molar-refractivity contribution in [3.05, 3.63) is 71.1 Å². The number of furan rings is 1. The van der Waals surface area contributed by atoms with E-state index in [-0.39, 0.29) is 6.54 Å². The lowest BCUT2D eigenvalue weighted by Crippen LogP contribution is -2.51. The first-order chi connectivity index (χ1) is 17.6. The number of aryl methyl sites for hydroxylation is 1. The number of carbonyl (C=O) groups excluding carboxylic acids is 2.